The molecule has 1 aliphatic heterocycles. The molecule has 1 rings (SSSR count). The Hall–Kier alpha value is -4.11. The first kappa shape index (κ1) is 38.9. The topological polar surface area (TPSA) is 212 Å². The van der Waals surface area contributed by atoms with Gasteiger partial charge in [-0.05, 0) is 41.5 Å². The molecule has 0 aromatic heterocycles. The Labute approximate surface area is 251 Å². The number of carboxylic acids is 2. The molecule has 0 atom stereocenters. The molecule has 3 N–H and O–H groups in total. The van der Waals surface area contributed by atoms with Crippen LogP contribution in [0, 0.1) is 0 Å². The molecule has 0 radical (unpaired) electrons. The fourth-order valence-electron chi connectivity index (χ4n) is 3.67. The Morgan fingerprint density at radius 1 is 0.558 bits per heavy atom. The first-order valence-electron chi connectivity index (χ1n) is 13.8. The van der Waals surface area contributed by atoms with E-state index in [2.05, 4.69) is 0 Å². The first-order chi connectivity index (χ1) is 19.8. The van der Waals surface area contributed by atoms with Gasteiger partial charge in [0.05, 0.1) is 12.8 Å². The monoisotopic (exact) mass is 618 g/mol. The lowest BCUT2D eigenvalue weighted by Gasteiger charge is -2.35. The van der Waals surface area contributed by atoms with E-state index in [4.69, 9.17) is 29.6 Å². The van der Waals surface area contributed by atoms with Crippen molar-refractivity contribution in [1.82, 2.24) is 19.6 Å². The number of carbonyl (C=O) groups excluding carboxylic acids is 4. The first-order valence-corrected chi connectivity index (χ1v) is 13.8. The van der Waals surface area contributed by atoms with Crippen molar-refractivity contribution in [2.45, 2.75) is 78.4 Å². The number of hydrogen-bond donors (Lipinski definition) is 3. The van der Waals surface area contributed by atoms with Crippen LogP contribution in [0.2, 0.25) is 0 Å². The average molecular weight is 619 g/mol. The van der Waals surface area contributed by atoms with Crippen LogP contribution in [0.15, 0.2) is 0 Å². The predicted octanol–water partition coefficient (Wildman–Crippen LogP) is 1.56. The van der Waals surface area contributed by atoms with Gasteiger partial charge in [0.1, 0.15) is 11.2 Å². The van der Waals surface area contributed by atoms with E-state index in [1.54, 1.807) is 41.5 Å². The lowest BCUT2D eigenvalue weighted by Crippen LogP contribution is -2.51. The number of carbonyl (C=O) groups is 7. The van der Waals surface area contributed by atoms with Gasteiger partial charge in [-0.15, -0.1) is 0 Å². The fraction of sp³-hybridized carbons (Fsp3) is 0.741. The molecule has 1 fully saturated rings. The second-order valence-electron chi connectivity index (χ2n) is 11.6. The minimum Gasteiger partial charge on any atom is -0.483 e. The maximum Gasteiger partial charge on any atom is 0.410 e. The summed E-state index contributed by atoms with van der Waals surface area (Å²) < 4.78 is 11.0. The van der Waals surface area contributed by atoms with Crippen molar-refractivity contribution in [2.75, 3.05) is 52.4 Å². The van der Waals surface area contributed by atoms with Gasteiger partial charge < -0.3 is 44.4 Å². The van der Waals surface area contributed by atoms with Gasteiger partial charge in [-0.25, -0.2) is 9.59 Å². The third-order valence-corrected chi connectivity index (χ3v) is 5.67. The highest BCUT2D eigenvalue weighted by molar-refractivity contribution is 5.81. The van der Waals surface area contributed by atoms with Crippen LogP contribution < -0.4 is 0 Å². The van der Waals surface area contributed by atoms with Crippen LogP contribution >= 0.6 is 0 Å². The molecule has 16 heteroatoms. The smallest absolute Gasteiger partial charge is 0.410 e. The van der Waals surface area contributed by atoms with E-state index in [0.29, 0.717) is 0 Å². The van der Waals surface area contributed by atoms with Crippen molar-refractivity contribution in [2.24, 2.45) is 0 Å². The highest BCUT2D eigenvalue weighted by atomic mass is 16.6. The van der Waals surface area contributed by atoms with Crippen molar-refractivity contribution >= 4 is 42.4 Å². The summed E-state index contributed by atoms with van der Waals surface area (Å²) in [5, 5.41) is 24.9. The Balaban J connectivity index is 0.00000562. The number of aliphatic carboxylic acids is 2. The largest absolute Gasteiger partial charge is 0.483 e. The summed E-state index contributed by atoms with van der Waals surface area (Å²) in [5.41, 5.74) is -1.61. The molecule has 0 bridgehead atoms. The van der Waals surface area contributed by atoms with Gasteiger partial charge in [-0.2, -0.15) is 0 Å². The fourth-order valence-corrected chi connectivity index (χ4v) is 3.67. The van der Waals surface area contributed by atoms with Gasteiger partial charge in [-0.3, -0.25) is 24.0 Å². The van der Waals surface area contributed by atoms with Gasteiger partial charge in [-0.1, -0.05) is 0 Å². The highest BCUT2D eigenvalue weighted by Gasteiger charge is 2.29. The van der Waals surface area contributed by atoms with Crippen LogP contribution in [-0.4, -0.2) is 141 Å². The van der Waals surface area contributed by atoms with E-state index in [0.717, 1.165) is 0 Å². The van der Waals surface area contributed by atoms with E-state index in [-0.39, 0.29) is 84.5 Å². The minimum atomic E-state index is -1.12. The quantitative estimate of drug-likeness (QED) is 0.362. The lowest BCUT2D eigenvalue weighted by atomic mass is 10.2. The second kappa shape index (κ2) is 18.4. The molecule has 1 heterocycles. The van der Waals surface area contributed by atoms with Crippen molar-refractivity contribution < 1.29 is 58.4 Å². The summed E-state index contributed by atoms with van der Waals surface area (Å²) in [5.74, 6) is -3.14. The second-order valence-corrected chi connectivity index (χ2v) is 11.6. The molecule has 0 aliphatic carbocycles. The molecular formula is C27H46N4O12. The Morgan fingerprint density at radius 3 is 1.00 bits per heavy atom. The van der Waals surface area contributed by atoms with Crippen LogP contribution in [0.5, 0.6) is 0 Å². The summed E-state index contributed by atoms with van der Waals surface area (Å²) in [6.45, 7) is 10.2. The highest BCUT2D eigenvalue weighted by Crippen LogP contribution is 2.14. The third-order valence-electron chi connectivity index (χ3n) is 5.67. The minimum absolute atomic E-state index is 0.0251. The van der Waals surface area contributed by atoms with E-state index in [9.17, 15) is 28.8 Å². The lowest BCUT2D eigenvalue weighted by molar-refractivity contribution is -0.141. The summed E-state index contributed by atoms with van der Waals surface area (Å²) in [6.07, 6.45) is -2.55. The van der Waals surface area contributed by atoms with Crippen molar-refractivity contribution in [3.05, 3.63) is 0 Å². The van der Waals surface area contributed by atoms with Crippen LogP contribution in [0.3, 0.4) is 0 Å². The SMILES string of the molecule is CC(C)(C)OC(=O)N1CCN(C(=O)CCC(=O)O)CCN(C(=O)OC(C)(C)C)CCN(C(=O)CCC(=O)O)CC1.O=CO. The van der Waals surface area contributed by atoms with E-state index in [1.807, 2.05) is 0 Å². The van der Waals surface area contributed by atoms with E-state index in [1.165, 1.54) is 19.6 Å². The summed E-state index contributed by atoms with van der Waals surface area (Å²) >= 11 is 0. The van der Waals surface area contributed by atoms with Crippen molar-refractivity contribution in [3.63, 3.8) is 0 Å². The predicted molar refractivity (Wildman–Crippen MR) is 151 cm³/mol. The van der Waals surface area contributed by atoms with Crippen LogP contribution in [-0.2, 0) is 33.4 Å². The molecule has 0 unspecified atom stereocenters. The maximum absolute atomic E-state index is 13.0. The van der Waals surface area contributed by atoms with Crippen LogP contribution in [0.4, 0.5) is 9.59 Å². The Kier molecular flexibility index (Phi) is 16.7. The summed E-state index contributed by atoms with van der Waals surface area (Å²) in [6, 6.07) is 0. The van der Waals surface area contributed by atoms with Gasteiger partial charge in [0.15, 0.2) is 0 Å². The number of hydrogen-bond acceptors (Lipinski definition) is 9. The molecule has 0 aromatic rings. The van der Waals surface area contributed by atoms with E-state index < -0.39 is 47.1 Å². The Bertz CT molecular complexity index is 884. The average Bonchev–Trinajstić information content (AvgIpc) is 2.84. The maximum atomic E-state index is 13.0. The molecule has 1 saturated heterocycles. The molecule has 16 nitrogen and oxygen atoms in total. The van der Waals surface area contributed by atoms with Crippen LogP contribution in [0.25, 0.3) is 0 Å². The molecule has 1 aliphatic rings. The molecule has 4 amide bonds. The zero-order chi connectivity index (χ0) is 33.4. The van der Waals surface area contributed by atoms with Gasteiger partial charge in [0.2, 0.25) is 11.8 Å². The molecule has 246 valence electrons. The van der Waals surface area contributed by atoms with Gasteiger partial charge in [0.25, 0.3) is 6.47 Å². The van der Waals surface area contributed by atoms with Crippen molar-refractivity contribution in [3.8, 4) is 0 Å². The molecule has 0 spiro atoms. The summed E-state index contributed by atoms with van der Waals surface area (Å²) in [7, 11) is 0. The van der Waals surface area contributed by atoms with Crippen molar-refractivity contribution in [1.29, 1.82) is 0 Å². The molecule has 43 heavy (non-hydrogen) atoms. The molecule has 0 aromatic carbocycles. The standard InChI is InChI=1S/C26H44N4O10.CH2O2/c1-25(2,3)39-23(37)29-15-11-27(19(31)7-9-21(33)34)13-17-30(24(38)40-26(4,5)6)18-14-28(12-16-29)20(32)8-10-22(35)36;2-1-3/h7-18H2,1-6H3,(H,33,34)(H,35,36);1H,(H,2,3). The number of nitrogens with zero attached hydrogens (tertiary/aromatic N) is 4. The van der Waals surface area contributed by atoms with Gasteiger partial charge >= 0.3 is 24.1 Å². The van der Waals surface area contributed by atoms with Gasteiger partial charge in [0, 0.05) is 65.2 Å². The normalized spacial score (nSPS) is 15.1. The molecule has 0 saturated carbocycles. The zero-order valence-corrected chi connectivity index (χ0v) is 25.9. The van der Waals surface area contributed by atoms with Crippen LogP contribution in [0.1, 0.15) is 67.2 Å². The number of carboxylic acid groups (broad SMARTS) is 3. The zero-order valence-electron chi connectivity index (χ0n) is 25.9. The number of ether oxygens (including phenoxy) is 2. The van der Waals surface area contributed by atoms with E-state index >= 15 is 0 Å². The Morgan fingerprint density at radius 2 is 0.791 bits per heavy atom. The number of rotatable bonds is 6. The molecular weight excluding hydrogens is 572 g/mol. The summed E-state index contributed by atoms with van der Waals surface area (Å²) in [4.78, 5) is 87.6. The third kappa shape index (κ3) is 18.1. The number of amides is 4.